The molecule has 1 saturated carbocycles. The highest BCUT2D eigenvalue weighted by Crippen LogP contribution is 2.57. The third kappa shape index (κ3) is 3.43. The molecule has 2 unspecified atom stereocenters. The predicted octanol–water partition coefficient (Wildman–Crippen LogP) is 8.94. The lowest BCUT2D eigenvalue weighted by Gasteiger charge is -2.40. The Kier molecular flexibility index (Phi) is 7.06. The Morgan fingerprint density at radius 2 is 0.952 bits per heavy atom. The minimum atomic E-state index is -0.682. The number of ketones is 1. The van der Waals surface area contributed by atoms with E-state index in [-0.39, 0.29) is 21.7 Å². The van der Waals surface area contributed by atoms with E-state index < -0.39 is 5.54 Å². The summed E-state index contributed by atoms with van der Waals surface area (Å²) in [5.74, 6) is 0.340. The van der Waals surface area contributed by atoms with Crippen molar-refractivity contribution in [3.05, 3.63) is 70.6 Å². The van der Waals surface area contributed by atoms with E-state index in [2.05, 4.69) is 99.8 Å². The SMILES string of the molecule is CCC1(CC)C2=NC3(CC2)C(=O)CCC3(CC)c2ccc([nH]2)C(CC)(CC)c2ccc([nH]2)C(CC)(CC)c2ccc1[nH]2. The van der Waals surface area contributed by atoms with E-state index in [1.807, 2.05) is 0 Å². The molecular weight excluding hydrogens is 516 g/mol. The molecule has 3 aromatic heterocycles. The van der Waals surface area contributed by atoms with Crippen molar-refractivity contribution in [1.29, 1.82) is 0 Å². The highest BCUT2D eigenvalue weighted by Gasteiger charge is 2.63. The number of carbonyl (C=O) groups is 1. The molecule has 1 fully saturated rings. The van der Waals surface area contributed by atoms with Crippen molar-refractivity contribution in [1.82, 2.24) is 15.0 Å². The van der Waals surface area contributed by atoms with Crippen molar-refractivity contribution in [2.45, 2.75) is 146 Å². The van der Waals surface area contributed by atoms with Crippen molar-refractivity contribution < 1.29 is 4.79 Å². The molecule has 5 nitrogen and oxygen atoms in total. The number of fused-ring (bicyclic) bond motifs is 7. The topological polar surface area (TPSA) is 76.8 Å². The van der Waals surface area contributed by atoms with Crippen LogP contribution in [0.15, 0.2) is 41.4 Å². The van der Waals surface area contributed by atoms with E-state index in [0.717, 1.165) is 64.2 Å². The molecule has 2 aliphatic heterocycles. The Balaban J connectivity index is 1.69. The van der Waals surface area contributed by atoms with Crippen LogP contribution in [-0.2, 0) is 26.5 Å². The number of aliphatic imine (C=N–C) groups is 1. The second kappa shape index (κ2) is 10.1. The first-order valence-corrected chi connectivity index (χ1v) is 17.0. The molecule has 3 aromatic rings. The minimum Gasteiger partial charge on any atom is -0.361 e. The van der Waals surface area contributed by atoms with E-state index >= 15 is 0 Å². The van der Waals surface area contributed by atoms with Crippen LogP contribution in [0.25, 0.3) is 0 Å². The Morgan fingerprint density at radius 3 is 1.38 bits per heavy atom. The summed E-state index contributed by atoms with van der Waals surface area (Å²) in [6.07, 6.45) is 10.00. The molecule has 5 heterocycles. The van der Waals surface area contributed by atoms with Crippen LogP contribution in [0.3, 0.4) is 0 Å². The Hall–Kier alpha value is -2.82. The van der Waals surface area contributed by atoms with Gasteiger partial charge in [-0.25, -0.2) is 0 Å². The second-order valence-corrected chi connectivity index (χ2v) is 13.5. The van der Waals surface area contributed by atoms with Gasteiger partial charge in [0.15, 0.2) is 5.78 Å². The number of hydrogen-bond donors (Lipinski definition) is 3. The van der Waals surface area contributed by atoms with Crippen LogP contribution >= 0.6 is 0 Å². The largest absolute Gasteiger partial charge is 0.361 e. The van der Waals surface area contributed by atoms with Gasteiger partial charge in [0.25, 0.3) is 0 Å². The number of nitrogens with one attached hydrogen (secondary N) is 3. The summed E-state index contributed by atoms with van der Waals surface area (Å²) < 4.78 is 0. The lowest BCUT2D eigenvalue weighted by Crippen LogP contribution is -2.49. The molecule has 8 bridgehead atoms. The summed E-state index contributed by atoms with van der Waals surface area (Å²) in [6.45, 7) is 16.1. The van der Waals surface area contributed by atoms with Gasteiger partial charge in [0, 0.05) is 68.0 Å². The smallest absolute Gasteiger partial charge is 0.161 e. The fraction of sp³-hybridized carbons (Fsp3) is 0.622. The number of nitrogens with zero attached hydrogens (tertiary/aromatic N) is 1. The molecule has 42 heavy (non-hydrogen) atoms. The van der Waals surface area contributed by atoms with Crippen LogP contribution in [0, 0.1) is 0 Å². The van der Waals surface area contributed by atoms with Crippen LogP contribution < -0.4 is 0 Å². The lowest BCUT2D eigenvalue weighted by atomic mass is 9.66. The zero-order valence-electron chi connectivity index (χ0n) is 27.1. The highest BCUT2D eigenvalue weighted by atomic mass is 16.1. The van der Waals surface area contributed by atoms with E-state index in [9.17, 15) is 4.79 Å². The summed E-state index contributed by atoms with van der Waals surface area (Å²) in [5.41, 5.74) is 7.33. The number of H-pyrrole nitrogens is 3. The van der Waals surface area contributed by atoms with Crippen LogP contribution in [0.5, 0.6) is 0 Å². The average Bonchev–Trinajstić information content (AvgIpc) is 3.86. The number of Topliss-reactive ketones (excluding diaryl/α,β-unsaturated/α-hetero) is 1. The van der Waals surface area contributed by atoms with Crippen LogP contribution in [0.2, 0.25) is 0 Å². The maximum atomic E-state index is 14.1. The molecule has 0 amide bonds. The molecule has 6 rings (SSSR count). The number of carbonyl (C=O) groups excluding carboxylic acids is 1. The summed E-state index contributed by atoms with van der Waals surface area (Å²) >= 11 is 0. The van der Waals surface area contributed by atoms with Gasteiger partial charge < -0.3 is 15.0 Å². The normalized spacial score (nSPS) is 27.2. The molecule has 2 atom stereocenters. The number of aromatic amines is 3. The average molecular weight is 569 g/mol. The highest BCUT2D eigenvalue weighted by molar-refractivity contribution is 6.04. The third-order valence-corrected chi connectivity index (χ3v) is 13.0. The number of rotatable bonds is 7. The molecule has 0 aromatic carbocycles. The molecule has 0 radical (unpaired) electrons. The first-order valence-electron chi connectivity index (χ1n) is 17.0. The molecule has 3 aliphatic rings. The third-order valence-electron chi connectivity index (χ3n) is 13.0. The minimum absolute atomic E-state index is 0.133. The van der Waals surface area contributed by atoms with Gasteiger partial charge in [0.1, 0.15) is 5.54 Å². The zero-order valence-corrected chi connectivity index (χ0v) is 27.1. The van der Waals surface area contributed by atoms with Crippen molar-refractivity contribution in [3.63, 3.8) is 0 Å². The van der Waals surface area contributed by atoms with Gasteiger partial charge in [-0.15, -0.1) is 0 Å². The van der Waals surface area contributed by atoms with Crippen molar-refractivity contribution in [2.24, 2.45) is 4.99 Å². The number of hydrogen-bond acceptors (Lipinski definition) is 2. The zero-order chi connectivity index (χ0) is 30.0. The van der Waals surface area contributed by atoms with E-state index in [0.29, 0.717) is 12.2 Å². The van der Waals surface area contributed by atoms with Crippen LogP contribution in [-0.4, -0.2) is 32.0 Å². The van der Waals surface area contributed by atoms with Crippen molar-refractivity contribution >= 4 is 11.5 Å². The molecule has 5 heteroatoms. The van der Waals surface area contributed by atoms with Crippen molar-refractivity contribution in [2.75, 3.05) is 0 Å². The maximum absolute atomic E-state index is 14.1. The van der Waals surface area contributed by atoms with Crippen LogP contribution in [0.1, 0.15) is 153 Å². The summed E-state index contributed by atoms with van der Waals surface area (Å²) in [5, 5.41) is 0. The second-order valence-electron chi connectivity index (χ2n) is 13.5. The monoisotopic (exact) mass is 568 g/mol. The van der Waals surface area contributed by atoms with Gasteiger partial charge in [-0.05, 0) is 101 Å². The summed E-state index contributed by atoms with van der Waals surface area (Å²) in [6, 6.07) is 14.0. The van der Waals surface area contributed by atoms with E-state index in [1.54, 1.807) is 0 Å². The number of aromatic nitrogens is 3. The Labute approximate surface area is 252 Å². The molecule has 226 valence electrons. The first-order chi connectivity index (χ1) is 20.2. The van der Waals surface area contributed by atoms with Gasteiger partial charge in [-0.1, -0.05) is 48.5 Å². The molecule has 1 spiro atoms. The van der Waals surface area contributed by atoms with Gasteiger partial charge in [-0.2, -0.15) is 0 Å². The van der Waals surface area contributed by atoms with Gasteiger partial charge in [-0.3, -0.25) is 9.79 Å². The fourth-order valence-electron chi connectivity index (χ4n) is 9.93. The molecule has 0 saturated heterocycles. The Bertz CT molecular complexity index is 1490. The van der Waals surface area contributed by atoms with E-state index in [4.69, 9.17) is 4.99 Å². The Morgan fingerprint density at radius 1 is 0.548 bits per heavy atom. The predicted molar refractivity (Wildman–Crippen MR) is 173 cm³/mol. The van der Waals surface area contributed by atoms with Crippen LogP contribution in [0.4, 0.5) is 0 Å². The first kappa shape index (κ1) is 29.3. The fourth-order valence-corrected chi connectivity index (χ4v) is 9.93. The maximum Gasteiger partial charge on any atom is 0.161 e. The van der Waals surface area contributed by atoms with Gasteiger partial charge in [0.2, 0.25) is 0 Å². The molecule has 3 N–H and O–H groups in total. The molecular formula is C37H52N4O. The summed E-state index contributed by atoms with van der Waals surface area (Å²) in [4.78, 5) is 31.8. The quantitative estimate of drug-likeness (QED) is 0.261. The standard InChI is InChI=1S/C37H52N4O/c1-8-33(9-2)25-15-16-27(38-25)34(10-3,11-4)28-19-20-31(40-28)36(14-7)23-22-32(42)37(36)24-21-30(41-37)35(12-5,13-6)29-18-17-26(33)39-29/h15-20,38-40H,8-14,21-24H2,1-7H3. The molecule has 1 aliphatic carbocycles. The van der Waals surface area contributed by atoms with E-state index in [1.165, 1.54) is 39.9 Å². The lowest BCUT2D eigenvalue weighted by molar-refractivity contribution is -0.122. The summed E-state index contributed by atoms with van der Waals surface area (Å²) in [7, 11) is 0. The van der Waals surface area contributed by atoms with Gasteiger partial charge >= 0.3 is 0 Å². The van der Waals surface area contributed by atoms with Crippen molar-refractivity contribution in [3.8, 4) is 0 Å². The van der Waals surface area contributed by atoms with Gasteiger partial charge in [0.05, 0.1) is 0 Å².